The summed E-state index contributed by atoms with van der Waals surface area (Å²) < 4.78 is 0. The molecule has 2 rings (SSSR count). The minimum Gasteiger partial charge on any atom is -0.316 e. The van der Waals surface area contributed by atoms with Crippen LogP contribution in [-0.4, -0.2) is 18.9 Å². The van der Waals surface area contributed by atoms with E-state index in [2.05, 4.69) is 50.4 Å². The van der Waals surface area contributed by atoms with E-state index >= 15 is 0 Å². The van der Waals surface area contributed by atoms with Crippen LogP contribution in [0.4, 0.5) is 0 Å². The molecule has 0 amide bonds. The van der Waals surface area contributed by atoms with Crippen molar-refractivity contribution in [1.82, 2.24) is 5.32 Å². The second-order valence-corrected chi connectivity index (χ2v) is 5.82. The number of Topliss-reactive ketones (excluding diaryl/α,β-unsaturated/α-hetero) is 1. The van der Waals surface area contributed by atoms with Crippen molar-refractivity contribution in [2.24, 2.45) is 11.3 Å². The van der Waals surface area contributed by atoms with E-state index in [9.17, 15) is 4.79 Å². The average Bonchev–Trinajstić information content (AvgIpc) is 2.82. The van der Waals surface area contributed by atoms with Gasteiger partial charge in [-0.3, -0.25) is 4.79 Å². The average molecular weight is 245 g/mol. The van der Waals surface area contributed by atoms with Crippen molar-refractivity contribution >= 4 is 5.78 Å². The first kappa shape index (κ1) is 13.3. The number of hydrogen-bond donors (Lipinski definition) is 1. The fourth-order valence-electron chi connectivity index (χ4n) is 2.83. The van der Waals surface area contributed by atoms with Crippen LogP contribution in [0.15, 0.2) is 24.3 Å². The molecule has 1 heterocycles. The van der Waals surface area contributed by atoms with E-state index in [4.69, 9.17) is 0 Å². The molecule has 2 heteroatoms. The lowest BCUT2D eigenvalue weighted by Crippen LogP contribution is -2.39. The molecule has 18 heavy (non-hydrogen) atoms. The van der Waals surface area contributed by atoms with Crippen molar-refractivity contribution in [3.63, 3.8) is 0 Å². The van der Waals surface area contributed by atoms with E-state index in [-0.39, 0.29) is 5.41 Å². The second-order valence-electron chi connectivity index (χ2n) is 5.82. The van der Waals surface area contributed by atoms with Crippen LogP contribution in [0.1, 0.15) is 31.4 Å². The lowest BCUT2D eigenvalue weighted by Gasteiger charge is -2.31. The fourth-order valence-corrected chi connectivity index (χ4v) is 2.83. The van der Waals surface area contributed by atoms with Crippen molar-refractivity contribution in [3.05, 3.63) is 35.4 Å². The summed E-state index contributed by atoms with van der Waals surface area (Å²) in [6.45, 7) is 8.22. The number of rotatable bonds is 4. The lowest BCUT2D eigenvalue weighted by molar-refractivity contribution is -0.129. The zero-order valence-electron chi connectivity index (χ0n) is 11.6. The molecular weight excluding hydrogens is 222 g/mol. The van der Waals surface area contributed by atoms with Crippen LogP contribution in [0.3, 0.4) is 0 Å². The minimum atomic E-state index is -0.148. The highest BCUT2D eigenvalue weighted by Crippen LogP contribution is 2.36. The van der Waals surface area contributed by atoms with Gasteiger partial charge in [-0.1, -0.05) is 43.7 Å². The van der Waals surface area contributed by atoms with Gasteiger partial charge in [-0.2, -0.15) is 0 Å². The first-order valence-corrected chi connectivity index (χ1v) is 6.84. The second kappa shape index (κ2) is 5.23. The maximum atomic E-state index is 12.6. The summed E-state index contributed by atoms with van der Waals surface area (Å²) in [5.41, 5.74) is 2.23. The van der Waals surface area contributed by atoms with Crippen molar-refractivity contribution in [2.75, 3.05) is 13.1 Å². The largest absolute Gasteiger partial charge is 0.316 e. The Labute approximate surface area is 110 Å². The third-order valence-corrected chi connectivity index (χ3v) is 4.33. The van der Waals surface area contributed by atoms with Crippen LogP contribution in [0.25, 0.3) is 0 Å². The van der Waals surface area contributed by atoms with Gasteiger partial charge in [0.25, 0.3) is 0 Å². The smallest absolute Gasteiger partial charge is 0.144 e. The molecular formula is C16H23NO. The molecule has 0 aromatic heterocycles. The van der Waals surface area contributed by atoms with Gasteiger partial charge >= 0.3 is 0 Å². The summed E-state index contributed by atoms with van der Waals surface area (Å²) in [4.78, 5) is 12.6. The first-order chi connectivity index (χ1) is 8.54. The van der Waals surface area contributed by atoms with Gasteiger partial charge in [0, 0.05) is 18.4 Å². The van der Waals surface area contributed by atoms with Crippen LogP contribution in [-0.2, 0) is 11.2 Å². The van der Waals surface area contributed by atoms with Gasteiger partial charge in [0.2, 0.25) is 0 Å². The summed E-state index contributed by atoms with van der Waals surface area (Å²) in [6, 6.07) is 8.31. The Morgan fingerprint density at radius 2 is 2.00 bits per heavy atom. The number of hydrogen-bond acceptors (Lipinski definition) is 2. The van der Waals surface area contributed by atoms with Crippen molar-refractivity contribution in [1.29, 1.82) is 0 Å². The molecule has 0 saturated carbocycles. The van der Waals surface area contributed by atoms with Crippen LogP contribution in [0, 0.1) is 18.3 Å². The van der Waals surface area contributed by atoms with Gasteiger partial charge in [-0.05, 0) is 31.4 Å². The fraction of sp³-hybridized carbons (Fsp3) is 0.562. The minimum absolute atomic E-state index is 0.148. The number of nitrogens with one attached hydrogen (secondary N) is 1. The van der Waals surface area contributed by atoms with Crippen molar-refractivity contribution < 1.29 is 4.79 Å². The van der Waals surface area contributed by atoms with Gasteiger partial charge in [0.05, 0.1) is 0 Å². The van der Waals surface area contributed by atoms with Gasteiger partial charge in [0.1, 0.15) is 5.78 Å². The van der Waals surface area contributed by atoms with Gasteiger partial charge in [-0.15, -0.1) is 0 Å². The Bertz CT molecular complexity index is 413. The zero-order valence-corrected chi connectivity index (χ0v) is 11.6. The molecule has 98 valence electrons. The number of carbonyl (C=O) groups excluding carboxylic acids is 1. The predicted octanol–water partition coefficient (Wildman–Crippen LogP) is 2.74. The Morgan fingerprint density at radius 3 is 2.50 bits per heavy atom. The Kier molecular flexibility index (Phi) is 3.86. The molecule has 0 spiro atoms. The number of benzene rings is 1. The maximum absolute atomic E-state index is 12.6. The molecule has 0 aliphatic carbocycles. The summed E-state index contributed by atoms with van der Waals surface area (Å²) in [6.07, 6.45) is 1.55. The maximum Gasteiger partial charge on any atom is 0.144 e. The summed E-state index contributed by atoms with van der Waals surface area (Å²) in [7, 11) is 0. The third kappa shape index (κ3) is 2.49. The Morgan fingerprint density at radius 1 is 1.33 bits per heavy atom. The van der Waals surface area contributed by atoms with Crippen LogP contribution < -0.4 is 5.32 Å². The standard InChI is InChI=1S/C16H23NO/c1-12(2)16(8-9-17-11-16)15(18)10-14-6-4-13(3)5-7-14/h4-7,12,17H,8-11H2,1-3H3. The van der Waals surface area contributed by atoms with E-state index < -0.39 is 0 Å². The number of ketones is 1. The topological polar surface area (TPSA) is 29.1 Å². The number of aryl methyl sites for hydroxylation is 1. The molecule has 1 atom stereocenters. The molecule has 0 radical (unpaired) electrons. The van der Waals surface area contributed by atoms with E-state index in [1.165, 1.54) is 5.56 Å². The molecule has 1 fully saturated rings. The van der Waals surface area contributed by atoms with E-state index in [1.807, 2.05) is 0 Å². The zero-order chi connectivity index (χ0) is 13.2. The molecule has 1 N–H and O–H groups in total. The van der Waals surface area contributed by atoms with Crippen LogP contribution in [0.2, 0.25) is 0 Å². The molecule has 1 aliphatic rings. The van der Waals surface area contributed by atoms with E-state index in [0.29, 0.717) is 18.1 Å². The molecule has 1 unspecified atom stereocenters. The number of carbonyl (C=O) groups is 1. The summed E-state index contributed by atoms with van der Waals surface area (Å²) >= 11 is 0. The normalized spacial score (nSPS) is 23.6. The van der Waals surface area contributed by atoms with Crippen LogP contribution in [0.5, 0.6) is 0 Å². The SMILES string of the molecule is Cc1ccc(CC(=O)C2(C(C)C)CCNC2)cc1. The summed E-state index contributed by atoms with van der Waals surface area (Å²) in [5.74, 6) is 0.803. The molecule has 1 aromatic rings. The lowest BCUT2D eigenvalue weighted by atomic mass is 9.71. The monoisotopic (exact) mass is 245 g/mol. The Hall–Kier alpha value is -1.15. The van der Waals surface area contributed by atoms with Gasteiger partial charge in [-0.25, -0.2) is 0 Å². The molecule has 1 saturated heterocycles. The van der Waals surface area contributed by atoms with E-state index in [0.717, 1.165) is 25.1 Å². The summed E-state index contributed by atoms with van der Waals surface area (Å²) in [5, 5.41) is 3.35. The van der Waals surface area contributed by atoms with Crippen molar-refractivity contribution in [3.8, 4) is 0 Å². The van der Waals surface area contributed by atoms with Crippen LogP contribution >= 0.6 is 0 Å². The van der Waals surface area contributed by atoms with Gasteiger partial charge in [0.15, 0.2) is 0 Å². The quantitative estimate of drug-likeness (QED) is 0.883. The highest BCUT2D eigenvalue weighted by molar-refractivity contribution is 5.87. The van der Waals surface area contributed by atoms with Gasteiger partial charge < -0.3 is 5.32 Å². The highest BCUT2D eigenvalue weighted by Gasteiger charge is 2.42. The first-order valence-electron chi connectivity index (χ1n) is 6.84. The molecule has 1 aromatic carbocycles. The molecule has 0 bridgehead atoms. The molecule has 1 aliphatic heterocycles. The predicted molar refractivity (Wildman–Crippen MR) is 74.6 cm³/mol. The highest BCUT2D eigenvalue weighted by atomic mass is 16.1. The Balaban J connectivity index is 2.13. The molecule has 2 nitrogen and oxygen atoms in total. The van der Waals surface area contributed by atoms with E-state index in [1.54, 1.807) is 0 Å². The third-order valence-electron chi connectivity index (χ3n) is 4.33. The van der Waals surface area contributed by atoms with Crippen molar-refractivity contribution in [2.45, 2.75) is 33.6 Å².